The number of hydrogen-bond acceptors (Lipinski definition) is 0. The van der Waals surface area contributed by atoms with Crippen LogP contribution >= 0.6 is 0 Å². The second-order valence-corrected chi connectivity index (χ2v) is 2.50. The molecule has 0 saturated heterocycles. The molecule has 0 bridgehead atoms. The molecule has 35 valence electrons. The number of hydrogen-bond donors (Lipinski definition) is 0. The topological polar surface area (TPSA) is 0 Å². The van der Waals surface area contributed by atoms with Crippen LogP contribution in [0.4, 0.5) is 0 Å². The molecule has 0 atom stereocenters. The fraction of sp³-hybridized carbons (Fsp3) is 0.333. The molecule has 0 N–H and O–H groups in total. The molecule has 0 aliphatic heterocycles. The van der Waals surface area contributed by atoms with Crippen LogP contribution in [-0.4, -0.2) is 0 Å². The van der Waals surface area contributed by atoms with Crippen molar-refractivity contribution >= 4 is 0 Å². The van der Waals surface area contributed by atoms with E-state index in [1.54, 1.807) is 30.3 Å². The molecule has 0 nitrogen and oxygen atoms in total. The van der Waals surface area contributed by atoms with E-state index in [1.807, 2.05) is 0 Å². The molecule has 0 radical (unpaired) electrons. The molecule has 0 amide bonds. The van der Waals surface area contributed by atoms with Crippen molar-refractivity contribution in [3.05, 3.63) is 23.8 Å². The van der Waals surface area contributed by atoms with Crippen LogP contribution in [0.3, 0.4) is 0 Å². The SMILES string of the molecule is [Zr][CH2]C1=CC=CC1. The van der Waals surface area contributed by atoms with Gasteiger partial charge in [-0.3, -0.25) is 0 Å². The second-order valence-electron chi connectivity index (χ2n) is 1.63. The summed E-state index contributed by atoms with van der Waals surface area (Å²) < 4.78 is 1.31. The van der Waals surface area contributed by atoms with Crippen LogP contribution < -0.4 is 0 Å². The molecule has 0 aromatic carbocycles. The van der Waals surface area contributed by atoms with Gasteiger partial charge in [-0.25, -0.2) is 0 Å². The molecule has 0 aromatic heterocycles. The van der Waals surface area contributed by atoms with E-state index >= 15 is 0 Å². The van der Waals surface area contributed by atoms with Gasteiger partial charge in [0.1, 0.15) is 0 Å². The molecule has 0 spiro atoms. The van der Waals surface area contributed by atoms with Crippen LogP contribution in [0, 0.1) is 0 Å². The van der Waals surface area contributed by atoms with Crippen molar-refractivity contribution in [2.45, 2.75) is 10.5 Å². The van der Waals surface area contributed by atoms with Crippen molar-refractivity contribution in [3.63, 3.8) is 0 Å². The normalized spacial score (nSPS) is 17.3. The molecule has 0 unspecified atom stereocenters. The molecular formula is C6H7Zr. The first kappa shape index (κ1) is 5.50. The van der Waals surface area contributed by atoms with Gasteiger partial charge in [0.25, 0.3) is 0 Å². The maximum absolute atomic E-state index is 2.22. The third-order valence-corrected chi connectivity index (χ3v) is 2.19. The monoisotopic (exact) mass is 169 g/mol. The zero-order valence-corrected chi connectivity index (χ0v) is 6.60. The van der Waals surface area contributed by atoms with E-state index in [9.17, 15) is 0 Å². The van der Waals surface area contributed by atoms with Gasteiger partial charge in [0.2, 0.25) is 0 Å². The van der Waals surface area contributed by atoms with Gasteiger partial charge in [-0.15, -0.1) is 0 Å². The second kappa shape index (κ2) is 2.62. The fourth-order valence-electron chi connectivity index (χ4n) is 0.623. The number of allylic oxidation sites excluding steroid dienone is 4. The Morgan fingerprint density at radius 1 is 1.71 bits per heavy atom. The quantitative estimate of drug-likeness (QED) is 0.563. The molecule has 0 saturated carbocycles. The average Bonchev–Trinajstić information content (AvgIpc) is 2.14. The van der Waals surface area contributed by atoms with Crippen molar-refractivity contribution in [1.82, 2.24) is 0 Å². The van der Waals surface area contributed by atoms with E-state index in [1.165, 1.54) is 10.5 Å². The van der Waals surface area contributed by atoms with Crippen molar-refractivity contribution in [2.75, 3.05) is 0 Å². The van der Waals surface area contributed by atoms with Crippen LogP contribution in [0.25, 0.3) is 0 Å². The zero-order chi connectivity index (χ0) is 5.11. The van der Waals surface area contributed by atoms with Gasteiger partial charge in [-0.05, 0) is 0 Å². The Bertz CT molecular complexity index is 111. The summed E-state index contributed by atoms with van der Waals surface area (Å²) in [5.74, 6) is 0. The summed E-state index contributed by atoms with van der Waals surface area (Å²) in [6.07, 6.45) is 7.78. The predicted octanol–water partition coefficient (Wildman–Crippen LogP) is 1.84. The summed E-state index contributed by atoms with van der Waals surface area (Å²) in [6, 6.07) is 0. The Labute approximate surface area is 59.1 Å². The van der Waals surface area contributed by atoms with Crippen LogP contribution in [0.1, 0.15) is 6.42 Å². The first-order valence-corrected chi connectivity index (χ1v) is 4.16. The van der Waals surface area contributed by atoms with Gasteiger partial charge in [0.05, 0.1) is 0 Å². The van der Waals surface area contributed by atoms with Crippen LogP contribution in [-0.2, 0) is 24.7 Å². The van der Waals surface area contributed by atoms with Gasteiger partial charge < -0.3 is 0 Å². The molecule has 1 aliphatic rings. The first-order chi connectivity index (χ1) is 3.43. The molecular weight excluding hydrogens is 163 g/mol. The third-order valence-electron chi connectivity index (χ3n) is 1.08. The number of rotatable bonds is 1. The molecule has 1 rings (SSSR count). The van der Waals surface area contributed by atoms with E-state index in [4.69, 9.17) is 0 Å². The Morgan fingerprint density at radius 2 is 2.57 bits per heavy atom. The maximum atomic E-state index is 2.22. The van der Waals surface area contributed by atoms with E-state index in [0.717, 1.165) is 0 Å². The van der Waals surface area contributed by atoms with Gasteiger partial charge in [0.15, 0.2) is 0 Å². The molecule has 1 aliphatic carbocycles. The summed E-state index contributed by atoms with van der Waals surface area (Å²) in [6.45, 7) is 0. The Balaban J connectivity index is 2.45. The van der Waals surface area contributed by atoms with Crippen molar-refractivity contribution < 1.29 is 24.7 Å². The van der Waals surface area contributed by atoms with Crippen LogP contribution in [0.2, 0.25) is 4.13 Å². The summed E-state index contributed by atoms with van der Waals surface area (Å²) in [4.78, 5) is 0. The summed E-state index contributed by atoms with van der Waals surface area (Å²) in [7, 11) is 0. The molecule has 0 heterocycles. The van der Waals surface area contributed by atoms with E-state index in [2.05, 4.69) is 18.2 Å². The third kappa shape index (κ3) is 1.38. The Morgan fingerprint density at radius 3 is 2.86 bits per heavy atom. The molecule has 0 fully saturated rings. The fourth-order valence-corrected chi connectivity index (χ4v) is 1.27. The minimum atomic E-state index is 1.21. The first-order valence-electron chi connectivity index (χ1n) is 2.42. The minimum absolute atomic E-state index is 1.21. The van der Waals surface area contributed by atoms with Crippen molar-refractivity contribution in [1.29, 1.82) is 0 Å². The van der Waals surface area contributed by atoms with E-state index in [0.29, 0.717) is 0 Å². The van der Waals surface area contributed by atoms with E-state index in [-0.39, 0.29) is 0 Å². The average molecular weight is 170 g/mol. The summed E-state index contributed by atoms with van der Waals surface area (Å²) in [5, 5.41) is 0. The summed E-state index contributed by atoms with van der Waals surface area (Å²) in [5.41, 5.74) is 1.60. The molecule has 0 aromatic rings. The Hall–Kier alpha value is 0.363. The van der Waals surface area contributed by atoms with Crippen molar-refractivity contribution in [3.8, 4) is 0 Å². The zero-order valence-electron chi connectivity index (χ0n) is 4.15. The van der Waals surface area contributed by atoms with Crippen LogP contribution in [0.15, 0.2) is 23.8 Å². The van der Waals surface area contributed by atoms with Gasteiger partial charge >= 0.3 is 59.1 Å². The molecule has 7 heavy (non-hydrogen) atoms. The van der Waals surface area contributed by atoms with Gasteiger partial charge in [-0.1, -0.05) is 0 Å². The molecule has 1 heteroatoms. The Kier molecular flexibility index (Phi) is 2.06. The van der Waals surface area contributed by atoms with Gasteiger partial charge in [-0.2, -0.15) is 0 Å². The standard InChI is InChI=1S/C6H7.Zr/c1-6-4-2-3-5-6;/h2-4H,1,5H2;. The summed E-state index contributed by atoms with van der Waals surface area (Å²) >= 11 is 1.63. The van der Waals surface area contributed by atoms with E-state index < -0.39 is 0 Å². The van der Waals surface area contributed by atoms with Gasteiger partial charge in [0, 0.05) is 0 Å². The van der Waals surface area contributed by atoms with Crippen LogP contribution in [0.5, 0.6) is 0 Å². The predicted molar refractivity (Wildman–Crippen MR) is 26.6 cm³/mol. The van der Waals surface area contributed by atoms with Crippen molar-refractivity contribution in [2.24, 2.45) is 0 Å².